The molecule has 0 aliphatic rings. The van der Waals surface area contributed by atoms with Crippen LogP contribution in [0.2, 0.25) is 0 Å². The maximum absolute atomic E-state index is 13.7. The average Bonchev–Trinajstić information content (AvgIpc) is 2.39. The molecule has 0 saturated heterocycles. The zero-order chi connectivity index (χ0) is 14.9. The maximum atomic E-state index is 13.7. The number of hydrogen-bond acceptors (Lipinski definition) is 2. The van der Waals surface area contributed by atoms with Gasteiger partial charge in [0.1, 0.15) is 11.6 Å². The Morgan fingerprint density at radius 3 is 2.35 bits per heavy atom. The summed E-state index contributed by atoms with van der Waals surface area (Å²) in [5, 5.41) is 9.33. The van der Waals surface area contributed by atoms with Crippen LogP contribution >= 0.6 is 0 Å². The number of benzene rings is 2. The van der Waals surface area contributed by atoms with Crippen molar-refractivity contribution in [1.29, 1.82) is 0 Å². The highest BCUT2D eigenvalue weighted by Gasteiger charge is 2.31. The van der Waals surface area contributed by atoms with Gasteiger partial charge in [-0.1, -0.05) is 6.07 Å². The minimum absolute atomic E-state index is 0.0773. The van der Waals surface area contributed by atoms with Gasteiger partial charge in [0.25, 0.3) is 0 Å². The van der Waals surface area contributed by atoms with Crippen LogP contribution < -0.4 is 0 Å². The van der Waals surface area contributed by atoms with E-state index in [-0.39, 0.29) is 22.4 Å². The number of aldehydes is 1. The molecule has 0 atom stereocenters. The van der Waals surface area contributed by atoms with E-state index in [0.717, 1.165) is 12.1 Å². The zero-order valence-electron chi connectivity index (χ0n) is 9.91. The fourth-order valence-corrected chi connectivity index (χ4v) is 1.74. The summed E-state index contributed by atoms with van der Waals surface area (Å²) in [6.45, 7) is 0. The molecule has 0 radical (unpaired) electrons. The monoisotopic (exact) mass is 284 g/mol. The van der Waals surface area contributed by atoms with Crippen molar-refractivity contribution in [3.8, 4) is 16.9 Å². The van der Waals surface area contributed by atoms with Crippen molar-refractivity contribution < 1.29 is 27.5 Å². The highest BCUT2D eigenvalue weighted by Crippen LogP contribution is 2.34. The molecule has 0 unspecified atom stereocenters. The molecule has 2 aromatic rings. The van der Waals surface area contributed by atoms with Gasteiger partial charge in [0, 0.05) is 5.56 Å². The van der Waals surface area contributed by atoms with Crippen LogP contribution in [0.15, 0.2) is 36.4 Å². The van der Waals surface area contributed by atoms with E-state index in [1.165, 1.54) is 6.07 Å². The SMILES string of the molecule is O=Cc1cc(-c2cc(C(F)(F)F)ccc2F)ccc1O. The molecule has 2 rings (SSSR count). The van der Waals surface area contributed by atoms with Crippen LogP contribution in [0.25, 0.3) is 11.1 Å². The second kappa shape index (κ2) is 4.96. The molecular weight excluding hydrogens is 276 g/mol. The van der Waals surface area contributed by atoms with E-state index in [2.05, 4.69) is 0 Å². The van der Waals surface area contributed by atoms with E-state index in [1.807, 2.05) is 0 Å². The van der Waals surface area contributed by atoms with Gasteiger partial charge in [0.2, 0.25) is 0 Å². The minimum Gasteiger partial charge on any atom is -0.507 e. The molecule has 0 aromatic heterocycles. The van der Waals surface area contributed by atoms with Crippen LogP contribution in [0, 0.1) is 5.82 Å². The number of aromatic hydroxyl groups is 1. The summed E-state index contributed by atoms with van der Waals surface area (Å²) in [6.07, 6.45) is -4.25. The molecule has 0 spiro atoms. The lowest BCUT2D eigenvalue weighted by Gasteiger charge is -2.10. The third-order valence-electron chi connectivity index (χ3n) is 2.76. The van der Waals surface area contributed by atoms with E-state index >= 15 is 0 Å². The molecule has 2 nitrogen and oxygen atoms in total. The van der Waals surface area contributed by atoms with Crippen molar-refractivity contribution in [1.82, 2.24) is 0 Å². The van der Waals surface area contributed by atoms with E-state index in [9.17, 15) is 27.5 Å². The first kappa shape index (κ1) is 14.0. The van der Waals surface area contributed by atoms with Gasteiger partial charge in [0.05, 0.1) is 11.1 Å². The highest BCUT2D eigenvalue weighted by molar-refractivity contribution is 5.82. The molecule has 0 saturated carbocycles. The van der Waals surface area contributed by atoms with Gasteiger partial charge in [-0.3, -0.25) is 4.79 Å². The van der Waals surface area contributed by atoms with Crippen LogP contribution in [0.1, 0.15) is 15.9 Å². The van der Waals surface area contributed by atoms with Crippen LogP contribution in [0.5, 0.6) is 5.75 Å². The summed E-state index contributed by atoms with van der Waals surface area (Å²) in [6, 6.07) is 5.50. The Kier molecular flexibility index (Phi) is 3.48. The third kappa shape index (κ3) is 2.64. The summed E-state index contributed by atoms with van der Waals surface area (Å²) < 4.78 is 51.5. The minimum atomic E-state index is -4.59. The zero-order valence-corrected chi connectivity index (χ0v) is 9.91. The quantitative estimate of drug-likeness (QED) is 0.667. The number of carbonyl (C=O) groups excluding carboxylic acids is 1. The van der Waals surface area contributed by atoms with Crippen molar-refractivity contribution in [2.45, 2.75) is 6.18 Å². The molecule has 2 aromatic carbocycles. The van der Waals surface area contributed by atoms with Crippen molar-refractivity contribution in [2.75, 3.05) is 0 Å². The molecule has 1 N–H and O–H groups in total. The Bertz CT molecular complexity index is 663. The normalized spacial score (nSPS) is 11.4. The predicted octanol–water partition coefficient (Wildman–Crippen LogP) is 4.03. The van der Waals surface area contributed by atoms with Crippen LogP contribution in [-0.4, -0.2) is 11.4 Å². The Morgan fingerprint density at radius 2 is 1.75 bits per heavy atom. The van der Waals surface area contributed by atoms with Gasteiger partial charge < -0.3 is 5.11 Å². The molecule has 0 bridgehead atoms. The van der Waals surface area contributed by atoms with Crippen molar-refractivity contribution in [3.63, 3.8) is 0 Å². The van der Waals surface area contributed by atoms with Crippen LogP contribution in [0.4, 0.5) is 17.6 Å². The molecule has 0 fully saturated rings. The summed E-state index contributed by atoms with van der Waals surface area (Å²) >= 11 is 0. The molecule has 6 heteroatoms. The standard InChI is InChI=1S/C14H8F4O2/c15-12-3-2-10(14(16,17)18)6-11(12)8-1-4-13(20)9(5-8)7-19/h1-7,20H. The molecule has 0 amide bonds. The van der Waals surface area contributed by atoms with Crippen molar-refractivity contribution >= 4 is 6.29 Å². The fraction of sp³-hybridized carbons (Fsp3) is 0.0714. The van der Waals surface area contributed by atoms with E-state index in [1.54, 1.807) is 0 Å². The third-order valence-corrected chi connectivity index (χ3v) is 2.76. The molecular formula is C14H8F4O2. The summed E-state index contributed by atoms with van der Waals surface area (Å²) in [7, 11) is 0. The lowest BCUT2D eigenvalue weighted by atomic mass is 10.00. The molecule has 0 heterocycles. The first-order chi connectivity index (χ1) is 9.32. The van der Waals surface area contributed by atoms with Gasteiger partial charge >= 0.3 is 6.18 Å². The molecule has 104 valence electrons. The lowest BCUT2D eigenvalue weighted by molar-refractivity contribution is -0.137. The molecule has 0 aliphatic heterocycles. The van der Waals surface area contributed by atoms with Gasteiger partial charge in [-0.25, -0.2) is 4.39 Å². The van der Waals surface area contributed by atoms with Gasteiger partial charge in [-0.2, -0.15) is 13.2 Å². The summed E-state index contributed by atoms with van der Waals surface area (Å²) in [5.41, 5.74) is -1.33. The number of phenols is 1. The van der Waals surface area contributed by atoms with Gasteiger partial charge in [0.15, 0.2) is 6.29 Å². The Labute approximate surface area is 111 Å². The van der Waals surface area contributed by atoms with Crippen LogP contribution in [-0.2, 0) is 6.18 Å². The summed E-state index contributed by atoms with van der Waals surface area (Å²) in [5.74, 6) is -1.17. The molecule has 0 aliphatic carbocycles. The Hall–Kier alpha value is -2.37. The van der Waals surface area contributed by atoms with Gasteiger partial charge in [-0.15, -0.1) is 0 Å². The number of rotatable bonds is 2. The Morgan fingerprint density at radius 1 is 1.05 bits per heavy atom. The van der Waals surface area contributed by atoms with Crippen LogP contribution in [0.3, 0.4) is 0 Å². The first-order valence-electron chi connectivity index (χ1n) is 5.48. The number of carbonyl (C=O) groups is 1. The topological polar surface area (TPSA) is 37.3 Å². The largest absolute Gasteiger partial charge is 0.507 e. The second-order valence-corrected chi connectivity index (χ2v) is 4.08. The highest BCUT2D eigenvalue weighted by atomic mass is 19.4. The number of alkyl halides is 3. The van der Waals surface area contributed by atoms with Crippen molar-refractivity contribution in [3.05, 3.63) is 53.3 Å². The first-order valence-corrected chi connectivity index (χ1v) is 5.48. The van der Waals surface area contributed by atoms with E-state index in [4.69, 9.17) is 0 Å². The maximum Gasteiger partial charge on any atom is 0.416 e. The average molecular weight is 284 g/mol. The number of halogens is 4. The predicted molar refractivity (Wildman–Crippen MR) is 63.9 cm³/mol. The van der Waals surface area contributed by atoms with Crippen molar-refractivity contribution in [2.24, 2.45) is 0 Å². The summed E-state index contributed by atoms with van der Waals surface area (Å²) in [4.78, 5) is 10.7. The lowest BCUT2D eigenvalue weighted by Crippen LogP contribution is -2.05. The second-order valence-electron chi connectivity index (χ2n) is 4.08. The van der Waals surface area contributed by atoms with Gasteiger partial charge in [-0.05, 0) is 35.9 Å². The number of phenolic OH excluding ortho intramolecular Hbond substituents is 1. The smallest absolute Gasteiger partial charge is 0.416 e. The number of hydrogen-bond donors (Lipinski definition) is 1. The van der Waals surface area contributed by atoms with E-state index < -0.39 is 17.6 Å². The molecule has 20 heavy (non-hydrogen) atoms. The Balaban J connectivity index is 2.60. The fourth-order valence-electron chi connectivity index (χ4n) is 1.74. The van der Waals surface area contributed by atoms with E-state index in [0.29, 0.717) is 24.5 Å².